The van der Waals surface area contributed by atoms with Crippen molar-refractivity contribution in [2.75, 3.05) is 6.54 Å². The summed E-state index contributed by atoms with van der Waals surface area (Å²) >= 11 is 0.842. The normalized spacial score (nSPS) is 16.6. The molecular weight excluding hydrogens is 300 g/mol. The van der Waals surface area contributed by atoms with Crippen LogP contribution in [-0.2, 0) is 10.0 Å². The summed E-state index contributed by atoms with van der Waals surface area (Å²) in [6, 6.07) is -0.0817. The molecule has 0 bridgehead atoms. The van der Waals surface area contributed by atoms with Crippen molar-refractivity contribution < 1.29 is 18.3 Å². The van der Waals surface area contributed by atoms with Crippen LogP contribution in [0.4, 0.5) is 0 Å². The number of nitrogens with zero attached hydrogens (tertiary/aromatic N) is 2. The Morgan fingerprint density at radius 3 is 2.75 bits per heavy atom. The molecule has 1 aliphatic carbocycles. The van der Waals surface area contributed by atoms with E-state index in [0.717, 1.165) is 37.0 Å². The van der Waals surface area contributed by atoms with Crippen molar-refractivity contribution in [2.24, 2.45) is 0 Å². The molecule has 0 unspecified atom stereocenters. The molecule has 1 N–H and O–H groups in total. The highest BCUT2D eigenvalue weighted by molar-refractivity contribution is 7.91. The van der Waals surface area contributed by atoms with Crippen molar-refractivity contribution in [3.05, 3.63) is 23.9 Å². The van der Waals surface area contributed by atoms with Crippen LogP contribution in [0.15, 0.2) is 22.4 Å². The Balaban J connectivity index is 2.41. The van der Waals surface area contributed by atoms with Gasteiger partial charge in [0.15, 0.2) is 9.90 Å². The zero-order chi connectivity index (χ0) is 14.8. The number of aromatic carboxylic acids is 1. The van der Waals surface area contributed by atoms with Gasteiger partial charge in [0.2, 0.25) is 0 Å². The lowest BCUT2D eigenvalue weighted by Gasteiger charge is -2.26. The molecule has 20 heavy (non-hydrogen) atoms. The molecular formula is C12H16N2O4S2. The van der Waals surface area contributed by atoms with Crippen LogP contribution in [-0.4, -0.2) is 41.4 Å². The molecule has 0 spiro atoms. The van der Waals surface area contributed by atoms with Crippen LogP contribution >= 0.6 is 11.3 Å². The van der Waals surface area contributed by atoms with E-state index in [9.17, 15) is 13.2 Å². The Labute approximate surface area is 121 Å². The summed E-state index contributed by atoms with van der Waals surface area (Å²) in [4.78, 5) is 14.7. The summed E-state index contributed by atoms with van der Waals surface area (Å²) in [6.07, 6.45) is 5.10. The Kier molecular flexibility index (Phi) is 4.56. The van der Waals surface area contributed by atoms with Gasteiger partial charge in [-0.25, -0.2) is 18.2 Å². The summed E-state index contributed by atoms with van der Waals surface area (Å²) < 4.78 is 26.5. The average Bonchev–Trinajstić information content (AvgIpc) is 3.06. The van der Waals surface area contributed by atoms with Crippen LogP contribution in [0.1, 0.15) is 36.2 Å². The molecule has 1 heterocycles. The molecule has 1 aliphatic rings. The number of carboxylic acids is 1. The van der Waals surface area contributed by atoms with E-state index in [1.165, 1.54) is 15.9 Å². The topological polar surface area (TPSA) is 87.6 Å². The van der Waals surface area contributed by atoms with Crippen molar-refractivity contribution in [2.45, 2.75) is 35.9 Å². The van der Waals surface area contributed by atoms with Crippen molar-refractivity contribution in [1.29, 1.82) is 0 Å². The second kappa shape index (κ2) is 6.02. The molecule has 0 saturated heterocycles. The van der Waals surface area contributed by atoms with Crippen LogP contribution in [0.3, 0.4) is 0 Å². The molecule has 1 fully saturated rings. The van der Waals surface area contributed by atoms with E-state index in [1.807, 2.05) is 0 Å². The Morgan fingerprint density at radius 2 is 2.20 bits per heavy atom. The van der Waals surface area contributed by atoms with Gasteiger partial charge in [0.1, 0.15) is 0 Å². The number of aromatic nitrogens is 1. The van der Waals surface area contributed by atoms with Crippen molar-refractivity contribution >= 4 is 27.3 Å². The lowest BCUT2D eigenvalue weighted by atomic mass is 10.2. The summed E-state index contributed by atoms with van der Waals surface area (Å²) in [5, 5.41) is 9.04. The molecule has 110 valence electrons. The van der Waals surface area contributed by atoms with Gasteiger partial charge >= 0.3 is 5.97 Å². The van der Waals surface area contributed by atoms with E-state index in [-0.39, 0.29) is 16.8 Å². The molecule has 0 aromatic carbocycles. The molecule has 6 nitrogen and oxygen atoms in total. The SMILES string of the molecule is C=CCN(C1CCCC1)S(=O)(=O)c1scnc1C(=O)O. The number of carboxylic acid groups (broad SMARTS) is 1. The minimum absolute atomic E-state index is 0.0817. The third kappa shape index (κ3) is 2.77. The van der Waals surface area contributed by atoms with E-state index in [4.69, 9.17) is 5.11 Å². The first-order chi connectivity index (χ1) is 9.48. The van der Waals surface area contributed by atoms with Crippen LogP contribution in [0.25, 0.3) is 0 Å². The number of hydrogen-bond donors (Lipinski definition) is 1. The van der Waals surface area contributed by atoms with Gasteiger partial charge in [0, 0.05) is 12.6 Å². The van der Waals surface area contributed by atoms with E-state index >= 15 is 0 Å². The van der Waals surface area contributed by atoms with Gasteiger partial charge in [-0.15, -0.1) is 17.9 Å². The lowest BCUT2D eigenvalue weighted by molar-refractivity contribution is 0.0687. The van der Waals surface area contributed by atoms with Gasteiger partial charge in [-0.3, -0.25) is 0 Å². The maximum atomic E-state index is 12.7. The minimum atomic E-state index is -3.84. The van der Waals surface area contributed by atoms with E-state index in [0.29, 0.717) is 0 Å². The van der Waals surface area contributed by atoms with Crippen LogP contribution in [0, 0.1) is 0 Å². The van der Waals surface area contributed by atoms with E-state index in [1.54, 1.807) is 0 Å². The second-order valence-electron chi connectivity index (χ2n) is 4.60. The van der Waals surface area contributed by atoms with E-state index in [2.05, 4.69) is 11.6 Å². The zero-order valence-corrected chi connectivity index (χ0v) is 12.5. The highest BCUT2D eigenvalue weighted by Crippen LogP contribution is 2.31. The molecule has 1 aromatic rings. The average molecular weight is 316 g/mol. The predicted octanol–water partition coefficient (Wildman–Crippen LogP) is 1.96. The summed E-state index contributed by atoms with van der Waals surface area (Å²) in [6.45, 7) is 3.77. The fourth-order valence-electron chi connectivity index (χ4n) is 2.43. The summed E-state index contributed by atoms with van der Waals surface area (Å²) in [7, 11) is -3.84. The molecule has 0 amide bonds. The number of rotatable bonds is 6. The third-order valence-corrected chi connectivity index (χ3v) is 6.59. The van der Waals surface area contributed by atoms with Crippen molar-refractivity contribution in [3.63, 3.8) is 0 Å². The monoisotopic (exact) mass is 316 g/mol. The first-order valence-electron chi connectivity index (χ1n) is 6.28. The van der Waals surface area contributed by atoms with E-state index < -0.39 is 21.7 Å². The van der Waals surface area contributed by atoms with Gasteiger partial charge in [-0.2, -0.15) is 4.31 Å². The van der Waals surface area contributed by atoms with Gasteiger partial charge in [0.05, 0.1) is 5.51 Å². The van der Waals surface area contributed by atoms with Crippen molar-refractivity contribution in [1.82, 2.24) is 9.29 Å². The van der Waals surface area contributed by atoms with Gasteiger partial charge in [0.25, 0.3) is 10.0 Å². The Morgan fingerprint density at radius 1 is 1.55 bits per heavy atom. The zero-order valence-electron chi connectivity index (χ0n) is 10.9. The van der Waals surface area contributed by atoms with Crippen LogP contribution in [0.5, 0.6) is 0 Å². The fourth-order valence-corrected chi connectivity index (χ4v) is 5.34. The summed E-state index contributed by atoms with van der Waals surface area (Å²) in [5.74, 6) is -1.32. The standard InChI is InChI=1S/C12H16N2O4S2/c1-2-7-14(9-5-3-4-6-9)20(17,18)12-10(11(15)16)13-8-19-12/h2,8-9H,1,3-7H2,(H,15,16). The van der Waals surface area contributed by atoms with Gasteiger partial charge in [-0.05, 0) is 12.8 Å². The molecule has 0 radical (unpaired) electrons. The lowest BCUT2D eigenvalue weighted by Crippen LogP contribution is -2.39. The van der Waals surface area contributed by atoms with Crippen LogP contribution < -0.4 is 0 Å². The summed E-state index contributed by atoms with van der Waals surface area (Å²) in [5.41, 5.74) is 0.846. The molecule has 1 aromatic heterocycles. The quantitative estimate of drug-likeness (QED) is 0.811. The highest BCUT2D eigenvalue weighted by Gasteiger charge is 2.36. The largest absolute Gasteiger partial charge is 0.476 e. The highest BCUT2D eigenvalue weighted by atomic mass is 32.2. The maximum absolute atomic E-state index is 12.7. The number of carbonyl (C=O) groups is 1. The van der Waals surface area contributed by atoms with Gasteiger partial charge < -0.3 is 5.11 Å². The molecule has 8 heteroatoms. The Bertz CT molecular complexity index is 603. The Hall–Kier alpha value is -1.25. The smallest absolute Gasteiger partial charge is 0.356 e. The number of hydrogen-bond acceptors (Lipinski definition) is 5. The first kappa shape index (κ1) is 15.1. The minimum Gasteiger partial charge on any atom is -0.476 e. The van der Waals surface area contributed by atoms with Crippen molar-refractivity contribution in [3.8, 4) is 0 Å². The number of thiazole rings is 1. The molecule has 2 rings (SSSR count). The molecule has 0 aliphatic heterocycles. The molecule has 0 atom stereocenters. The maximum Gasteiger partial charge on any atom is 0.356 e. The first-order valence-corrected chi connectivity index (χ1v) is 8.60. The molecule has 1 saturated carbocycles. The van der Waals surface area contributed by atoms with Crippen LogP contribution in [0.2, 0.25) is 0 Å². The van der Waals surface area contributed by atoms with Gasteiger partial charge in [-0.1, -0.05) is 18.9 Å². The predicted molar refractivity (Wildman–Crippen MR) is 75.4 cm³/mol. The third-order valence-electron chi connectivity index (χ3n) is 3.32. The fraction of sp³-hybridized carbons (Fsp3) is 0.500. The second-order valence-corrected chi connectivity index (χ2v) is 7.54. The number of sulfonamides is 1.